The van der Waals surface area contributed by atoms with Crippen LogP contribution < -0.4 is 0 Å². The molecule has 0 saturated heterocycles. The first-order chi connectivity index (χ1) is 10.4. The van der Waals surface area contributed by atoms with Gasteiger partial charge in [-0.05, 0) is 5.56 Å². The van der Waals surface area contributed by atoms with Crippen LogP contribution in [-0.4, -0.2) is 42.2 Å². The summed E-state index contributed by atoms with van der Waals surface area (Å²) in [4.78, 5) is 0. The zero-order chi connectivity index (χ0) is 14.3. The van der Waals surface area contributed by atoms with E-state index in [4.69, 9.17) is 4.74 Å². The average Bonchev–Trinajstić information content (AvgIpc) is 3.17. The number of benzene rings is 1. The number of nitrogens with zero attached hydrogens (tertiary/aromatic N) is 6. The van der Waals surface area contributed by atoms with E-state index in [1.807, 2.05) is 24.4 Å². The molecule has 1 aromatic carbocycles. The van der Waals surface area contributed by atoms with Crippen LogP contribution in [0, 0.1) is 0 Å². The minimum absolute atomic E-state index is 0.423. The van der Waals surface area contributed by atoms with E-state index < -0.39 is 0 Å². The van der Waals surface area contributed by atoms with Crippen molar-refractivity contribution in [1.82, 2.24) is 35.6 Å². The van der Waals surface area contributed by atoms with Crippen molar-refractivity contribution >= 4 is 0 Å². The largest absolute Gasteiger partial charge is 0.375 e. The Morgan fingerprint density at radius 1 is 1.14 bits per heavy atom. The van der Waals surface area contributed by atoms with Gasteiger partial charge in [0, 0.05) is 6.42 Å². The molecule has 21 heavy (non-hydrogen) atoms. The van der Waals surface area contributed by atoms with Gasteiger partial charge in [0.05, 0.1) is 26.0 Å². The number of tetrazole rings is 1. The highest BCUT2D eigenvalue weighted by Crippen LogP contribution is 2.03. The topological polar surface area (TPSA) is 94.4 Å². The summed E-state index contributed by atoms with van der Waals surface area (Å²) >= 11 is 0. The molecule has 8 nitrogen and oxygen atoms in total. The predicted octanol–water partition coefficient (Wildman–Crippen LogP) is 0.599. The molecule has 0 atom stereocenters. The molecule has 3 aromatic rings. The first-order valence-corrected chi connectivity index (χ1v) is 6.63. The lowest BCUT2D eigenvalue weighted by molar-refractivity contribution is 0.120. The smallest absolute Gasteiger partial charge is 0.176 e. The highest BCUT2D eigenvalue weighted by Gasteiger charge is 2.03. The number of aromatic amines is 1. The van der Waals surface area contributed by atoms with Gasteiger partial charge in [0.1, 0.15) is 5.69 Å². The SMILES string of the molecule is c1ccc(Cn2cc(COCCc3nn[nH]n3)nn2)cc1. The van der Waals surface area contributed by atoms with Crippen molar-refractivity contribution in [3.8, 4) is 0 Å². The van der Waals surface area contributed by atoms with Crippen LogP contribution in [0.5, 0.6) is 0 Å². The van der Waals surface area contributed by atoms with Gasteiger partial charge in [-0.3, -0.25) is 0 Å². The van der Waals surface area contributed by atoms with Crippen LogP contribution in [0.2, 0.25) is 0 Å². The fourth-order valence-corrected chi connectivity index (χ4v) is 1.88. The third-order valence-electron chi connectivity index (χ3n) is 2.88. The molecule has 1 N–H and O–H groups in total. The van der Waals surface area contributed by atoms with E-state index in [0.29, 0.717) is 32.0 Å². The van der Waals surface area contributed by atoms with E-state index in [1.165, 1.54) is 5.56 Å². The monoisotopic (exact) mass is 285 g/mol. The lowest BCUT2D eigenvalue weighted by Gasteiger charge is -2.00. The van der Waals surface area contributed by atoms with E-state index in [0.717, 1.165) is 5.69 Å². The van der Waals surface area contributed by atoms with Crippen LogP contribution in [0.25, 0.3) is 0 Å². The molecule has 0 aliphatic rings. The van der Waals surface area contributed by atoms with Crippen molar-refractivity contribution in [2.24, 2.45) is 0 Å². The van der Waals surface area contributed by atoms with Gasteiger partial charge in [-0.25, -0.2) is 4.68 Å². The molecule has 8 heteroatoms. The Morgan fingerprint density at radius 2 is 2.05 bits per heavy atom. The molecule has 0 amide bonds. The molecule has 0 bridgehead atoms. The number of ether oxygens (including phenoxy) is 1. The Balaban J connectivity index is 1.44. The summed E-state index contributed by atoms with van der Waals surface area (Å²) in [5, 5.41) is 21.8. The van der Waals surface area contributed by atoms with Crippen LogP contribution >= 0.6 is 0 Å². The standard InChI is InChI=1S/C13H15N7O/c1-2-4-11(5-3-1)8-20-9-12(14-19-20)10-21-7-6-13-15-17-18-16-13/h1-5,9H,6-8,10H2,(H,15,16,17,18). The van der Waals surface area contributed by atoms with Gasteiger partial charge in [-0.15, -0.1) is 15.3 Å². The molecule has 0 radical (unpaired) electrons. The predicted molar refractivity (Wildman–Crippen MR) is 73.1 cm³/mol. The Labute approximate surface area is 121 Å². The van der Waals surface area contributed by atoms with Gasteiger partial charge in [0.15, 0.2) is 5.82 Å². The summed E-state index contributed by atoms with van der Waals surface area (Å²) in [5.41, 5.74) is 1.99. The molecule has 0 fully saturated rings. The minimum Gasteiger partial charge on any atom is -0.375 e. The molecule has 0 spiro atoms. The molecule has 108 valence electrons. The quantitative estimate of drug-likeness (QED) is 0.639. The minimum atomic E-state index is 0.423. The molecule has 0 aliphatic carbocycles. The van der Waals surface area contributed by atoms with Crippen molar-refractivity contribution in [3.05, 3.63) is 53.6 Å². The fourth-order valence-electron chi connectivity index (χ4n) is 1.88. The van der Waals surface area contributed by atoms with E-state index in [1.54, 1.807) is 4.68 Å². The number of hydrogen-bond donors (Lipinski definition) is 1. The van der Waals surface area contributed by atoms with E-state index in [9.17, 15) is 0 Å². The molecule has 0 unspecified atom stereocenters. The first kappa shape index (κ1) is 13.4. The molecule has 0 aliphatic heterocycles. The van der Waals surface area contributed by atoms with Crippen molar-refractivity contribution in [1.29, 1.82) is 0 Å². The zero-order valence-electron chi connectivity index (χ0n) is 11.4. The maximum absolute atomic E-state index is 5.52. The van der Waals surface area contributed by atoms with Gasteiger partial charge in [0.2, 0.25) is 0 Å². The second-order valence-electron chi connectivity index (χ2n) is 4.52. The first-order valence-electron chi connectivity index (χ1n) is 6.63. The van der Waals surface area contributed by atoms with Crippen molar-refractivity contribution in [3.63, 3.8) is 0 Å². The molecule has 2 aromatic heterocycles. The number of aromatic nitrogens is 7. The van der Waals surface area contributed by atoms with Crippen molar-refractivity contribution in [2.75, 3.05) is 6.61 Å². The molecule has 3 rings (SSSR count). The van der Waals surface area contributed by atoms with Crippen LogP contribution in [0.3, 0.4) is 0 Å². The Kier molecular flexibility index (Phi) is 4.27. The van der Waals surface area contributed by atoms with Gasteiger partial charge in [-0.1, -0.05) is 40.8 Å². The summed E-state index contributed by atoms with van der Waals surface area (Å²) in [6.45, 7) is 1.65. The van der Waals surface area contributed by atoms with Crippen LogP contribution in [0.4, 0.5) is 0 Å². The van der Waals surface area contributed by atoms with E-state index in [2.05, 4.69) is 43.1 Å². The maximum atomic E-state index is 5.52. The lowest BCUT2D eigenvalue weighted by Crippen LogP contribution is -2.01. The second kappa shape index (κ2) is 6.71. The molecule has 2 heterocycles. The second-order valence-corrected chi connectivity index (χ2v) is 4.52. The van der Waals surface area contributed by atoms with Gasteiger partial charge in [0.25, 0.3) is 0 Å². The van der Waals surface area contributed by atoms with Gasteiger partial charge < -0.3 is 4.74 Å². The third-order valence-corrected chi connectivity index (χ3v) is 2.88. The van der Waals surface area contributed by atoms with Gasteiger partial charge in [-0.2, -0.15) is 5.21 Å². The number of H-pyrrole nitrogens is 1. The summed E-state index contributed by atoms with van der Waals surface area (Å²) < 4.78 is 7.32. The normalized spacial score (nSPS) is 10.9. The lowest BCUT2D eigenvalue weighted by atomic mass is 10.2. The number of nitrogens with one attached hydrogen (secondary N) is 1. The summed E-state index contributed by atoms with van der Waals surface area (Å²) in [6, 6.07) is 10.1. The van der Waals surface area contributed by atoms with Crippen LogP contribution in [-0.2, 0) is 24.3 Å². The third kappa shape index (κ3) is 3.93. The Hall–Kier alpha value is -2.61. The number of hydrogen-bond acceptors (Lipinski definition) is 6. The van der Waals surface area contributed by atoms with Crippen LogP contribution in [0.1, 0.15) is 17.1 Å². The maximum Gasteiger partial charge on any atom is 0.176 e. The van der Waals surface area contributed by atoms with E-state index >= 15 is 0 Å². The Bertz CT molecular complexity index is 650. The van der Waals surface area contributed by atoms with Crippen LogP contribution in [0.15, 0.2) is 36.5 Å². The fraction of sp³-hybridized carbons (Fsp3) is 0.308. The van der Waals surface area contributed by atoms with Gasteiger partial charge >= 0.3 is 0 Å². The summed E-state index contributed by atoms with van der Waals surface area (Å²) in [5.74, 6) is 0.641. The highest BCUT2D eigenvalue weighted by molar-refractivity contribution is 5.14. The zero-order valence-corrected chi connectivity index (χ0v) is 11.4. The number of rotatable bonds is 7. The molecule has 0 saturated carbocycles. The Morgan fingerprint density at radius 3 is 2.86 bits per heavy atom. The summed E-state index contributed by atoms with van der Waals surface area (Å²) in [6.07, 6.45) is 2.51. The molecular formula is C13H15N7O. The highest BCUT2D eigenvalue weighted by atomic mass is 16.5. The van der Waals surface area contributed by atoms with Crippen molar-refractivity contribution < 1.29 is 4.74 Å². The molecular weight excluding hydrogens is 270 g/mol. The van der Waals surface area contributed by atoms with Crippen molar-refractivity contribution in [2.45, 2.75) is 19.6 Å². The summed E-state index contributed by atoms with van der Waals surface area (Å²) in [7, 11) is 0. The average molecular weight is 285 g/mol. The van der Waals surface area contributed by atoms with E-state index in [-0.39, 0.29) is 0 Å².